The summed E-state index contributed by atoms with van der Waals surface area (Å²) in [5.41, 5.74) is 3.71. The second-order valence-electron chi connectivity index (χ2n) is 12.8. The molecule has 1 heterocycles. The minimum atomic E-state index is 0.265. The van der Waals surface area contributed by atoms with Gasteiger partial charge in [0.15, 0.2) is 0 Å². The molecule has 0 amide bonds. The first kappa shape index (κ1) is 28.4. The summed E-state index contributed by atoms with van der Waals surface area (Å²) in [6.07, 6.45) is 21.0. The van der Waals surface area contributed by atoms with E-state index in [4.69, 9.17) is 0 Å². The number of hydrogen-bond acceptors (Lipinski definition) is 1. The predicted octanol–water partition coefficient (Wildman–Crippen LogP) is 9.88. The maximum atomic E-state index is 2.60. The van der Waals surface area contributed by atoms with Crippen LogP contribution in [0.2, 0.25) is 0 Å². The van der Waals surface area contributed by atoms with Crippen LogP contribution in [-0.2, 0) is 11.8 Å². The normalized spacial score (nSPS) is 17.5. The van der Waals surface area contributed by atoms with Crippen molar-refractivity contribution in [2.45, 2.75) is 149 Å². The fourth-order valence-corrected chi connectivity index (χ4v) is 5.20. The molecule has 1 heteroatoms. The number of hydrogen-bond donors (Lipinski definition) is 0. The lowest BCUT2D eigenvalue weighted by Gasteiger charge is -2.25. The molecule has 1 aliphatic rings. The molecule has 0 bridgehead atoms. The fraction of sp³-hybridized carbons (Fsp3) is 0.781. The average Bonchev–Trinajstić information content (AvgIpc) is 3.13. The first-order valence-electron chi connectivity index (χ1n) is 14.4. The van der Waals surface area contributed by atoms with Gasteiger partial charge < -0.3 is 0 Å². The van der Waals surface area contributed by atoms with Crippen molar-refractivity contribution in [3.63, 3.8) is 0 Å². The Bertz CT molecular complexity index is 621. The van der Waals surface area contributed by atoms with Crippen molar-refractivity contribution >= 4 is 0 Å². The molecule has 0 N–H and O–H groups in total. The van der Waals surface area contributed by atoms with Crippen molar-refractivity contribution in [3.05, 3.63) is 41.9 Å². The average molecular weight is 455 g/mol. The summed E-state index contributed by atoms with van der Waals surface area (Å²) in [6, 6.07) is 10.1. The number of aryl methyl sites for hydroxylation is 1. The lowest BCUT2D eigenvalue weighted by molar-refractivity contribution is 0.238. The number of likely N-dealkylation sites (tertiary alicyclic amines) is 1. The molecule has 1 radical (unpaired) electrons. The van der Waals surface area contributed by atoms with E-state index < -0.39 is 0 Å². The molecule has 0 spiro atoms. The second kappa shape index (κ2) is 14.6. The molecular formula is C32H56N. The van der Waals surface area contributed by atoms with E-state index >= 15 is 0 Å². The molecule has 1 atom stereocenters. The lowest BCUT2D eigenvalue weighted by atomic mass is 9.86. The SMILES string of the molecule is CC(CCCCCCCCCCCCCCc1ccc(C(C)(C)C)cc1)N1[CH]CC(C)(C)C1. The Morgan fingerprint density at radius 1 is 0.758 bits per heavy atom. The van der Waals surface area contributed by atoms with Gasteiger partial charge in [-0.1, -0.05) is 130 Å². The molecule has 1 saturated heterocycles. The van der Waals surface area contributed by atoms with E-state index in [1.165, 1.54) is 114 Å². The van der Waals surface area contributed by atoms with Crippen LogP contribution < -0.4 is 0 Å². The van der Waals surface area contributed by atoms with Crippen LogP contribution in [-0.4, -0.2) is 17.5 Å². The highest BCUT2D eigenvalue weighted by atomic mass is 15.2. The molecule has 0 saturated carbocycles. The van der Waals surface area contributed by atoms with Gasteiger partial charge in [-0.3, -0.25) is 4.90 Å². The van der Waals surface area contributed by atoms with Crippen LogP contribution in [0.15, 0.2) is 24.3 Å². The lowest BCUT2D eigenvalue weighted by Crippen LogP contribution is -2.30. The first-order valence-corrected chi connectivity index (χ1v) is 14.4. The van der Waals surface area contributed by atoms with E-state index in [0.717, 1.165) is 6.04 Å². The van der Waals surface area contributed by atoms with E-state index in [-0.39, 0.29) is 5.41 Å². The standard InChI is InChI=1S/C32H56N/c1-28(33-26-25-32(5,6)27-33)19-17-15-13-11-9-7-8-10-12-14-16-18-20-29-21-23-30(24-22-29)31(2,3)4/h21-24,26,28H,7-20,25,27H2,1-6H3. The summed E-state index contributed by atoms with van der Waals surface area (Å²) in [5.74, 6) is 0. The van der Waals surface area contributed by atoms with Gasteiger partial charge in [-0.05, 0) is 54.6 Å². The van der Waals surface area contributed by atoms with Crippen LogP contribution in [0.3, 0.4) is 0 Å². The highest BCUT2D eigenvalue weighted by Crippen LogP contribution is 2.33. The predicted molar refractivity (Wildman–Crippen MR) is 148 cm³/mol. The van der Waals surface area contributed by atoms with Crippen LogP contribution >= 0.6 is 0 Å². The third kappa shape index (κ3) is 11.9. The third-order valence-electron chi connectivity index (χ3n) is 7.71. The van der Waals surface area contributed by atoms with Gasteiger partial charge in [0.25, 0.3) is 0 Å². The maximum Gasteiger partial charge on any atom is 0.0260 e. The molecule has 0 aromatic heterocycles. The Hall–Kier alpha value is -0.820. The Balaban J connectivity index is 1.33. The first-order chi connectivity index (χ1) is 15.7. The van der Waals surface area contributed by atoms with Crippen molar-refractivity contribution in [3.8, 4) is 0 Å². The highest BCUT2D eigenvalue weighted by Gasteiger charge is 2.31. The van der Waals surface area contributed by atoms with E-state index in [1.807, 2.05) is 0 Å². The number of unbranched alkanes of at least 4 members (excludes halogenated alkanes) is 11. The van der Waals surface area contributed by atoms with E-state index in [2.05, 4.69) is 77.3 Å². The zero-order chi connectivity index (χ0) is 24.2. The number of rotatable bonds is 16. The van der Waals surface area contributed by atoms with Gasteiger partial charge in [0, 0.05) is 19.1 Å². The Morgan fingerprint density at radius 2 is 1.24 bits per heavy atom. The third-order valence-corrected chi connectivity index (χ3v) is 7.71. The van der Waals surface area contributed by atoms with Crippen molar-refractivity contribution < 1.29 is 0 Å². The van der Waals surface area contributed by atoms with E-state index in [9.17, 15) is 0 Å². The van der Waals surface area contributed by atoms with Gasteiger partial charge in [-0.2, -0.15) is 0 Å². The number of nitrogens with zero attached hydrogens (tertiary/aromatic N) is 1. The second-order valence-corrected chi connectivity index (χ2v) is 12.8. The molecular weight excluding hydrogens is 398 g/mol. The fourth-order valence-electron chi connectivity index (χ4n) is 5.20. The van der Waals surface area contributed by atoms with Gasteiger partial charge in [0.2, 0.25) is 0 Å². The summed E-state index contributed by atoms with van der Waals surface area (Å²) in [4.78, 5) is 2.60. The van der Waals surface area contributed by atoms with Gasteiger partial charge in [-0.15, -0.1) is 0 Å². The molecule has 33 heavy (non-hydrogen) atoms. The monoisotopic (exact) mass is 454 g/mol. The smallest absolute Gasteiger partial charge is 0.0260 e. The maximum absolute atomic E-state index is 2.60. The molecule has 1 aromatic carbocycles. The van der Waals surface area contributed by atoms with E-state index in [0.29, 0.717) is 5.41 Å². The van der Waals surface area contributed by atoms with Gasteiger partial charge >= 0.3 is 0 Å². The van der Waals surface area contributed by atoms with Crippen molar-refractivity contribution in [1.82, 2.24) is 4.90 Å². The molecule has 2 rings (SSSR count). The summed E-state index contributed by atoms with van der Waals surface area (Å²) < 4.78 is 0. The summed E-state index contributed by atoms with van der Waals surface area (Å²) in [7, 11) is 0. The van der Waals surface area contributed by atoms with Crippen molar-refractivity contribution in [2.75, 3.05) is 6.54 Å². The Morgan fingerprint density at radius 3 is 1.70 bits per heavy atom. The molecule has 1 fully saturated rings. The molecule has 189 valence electrons. The molecule has 1 aliphatic heterocycles. The largest absolute Gasteiger partial charge is 0.296 e. The zero-order valence-corrected chi connectivity index (χ0v) is 23.2. The zero-order valence-electron chi connectivity index (χ0n) is 23.2. The Labute approximate surface area is 208 Å². The topological polar surface area (TPSA) is 3.24 Å². The van der Waals surface area contributed by atoms with Gasteiger partial charge in [0.05, 0.1) is 0 Å². The van der Waals surface area contributed by atoms with Crippen LogP contribution in [0.5, 0.6) is 0 Å². The molecule has 1 aromatic rings. The van der Waals surface area contributed by atoms with E-state index in [1.54, 1.807) is 0 Å². The molecule has 0 aliphatic carbocycles. The molecule has 1 unspecified atom stereocenters. The quantitative estimate of drug-likeness (QED) is 0.225. The van der Waals surface area contributed by atoms with Crippen LogP contribution in [0.25, 0.3) is 0 Å². The minimum Gasteiger partial charge on any atom is -0.296 e. The Kier molecular flexibility index (Phi) is 12.5. The van der Waals surface area contributed by atoms with Gasteiger partial charge in [0.1, 0.15) is 0 Å². The summed E-state index contributed by atoms with van der Waals surface area (Å²) in [6.45, 7) is 17.8. The van der Waals surface area contributed by atoms with Crippen LogP contribution in [0.1, 0.15) is 143 Å². The van der Waals surface area contributed by atoms with Crippen molar-refractivity contribution in [2.24, 2.45) is 5.41 Å². The summed E-state index contributed by atoms with van der Waals surface area (Å²) >= 11 is 0. The van der Waals surface area contributed by atoms with Crippen LogP contribution in [0.4, 0.5) is 0 Å². The van der Waals surface area contributed by atoms with Crippen molar-refractivity contribution in [1.29, 1.82) is 0 Å². The minimum absolute atomic E-state index is 0.265. The van der Waals surface area contributed by atoms with Crippen LogP contribution in [0, 0.1) is 12.0 Å². The molecule has 1 nitrogen and oxygen atoms in total. The summed E-state index contributed by atoms with van der Waals surface area (Å²) in [5, 5.41) is 0. The number of benzene rings is 1. The highest BCUT2D eigenvalue weighted by molar-refractivity contribution is 5.27. The van der Waals surface area contributed by atoms with Gasteiger partial charge in [-0.25, -0.2) is 0 Å².